The van der Waals surface area contributed by atoms with Crippen LogP contribution in [0.15, 0.2) is 17.5 Å². The second-order valence-electron chi connectivity index (χ2n) is 5.05. The summed E-state index contributed by atoms with van der Waals surface area (Å²) in [5.41, 5.74) is -0.926. The Kier molecular flexibility index (Phi) is 4.93. The van der Waals surface area contributed by atoms with Gasteiger partial charge in [0.1, 0.15) is 0 Å². The van der Waals surface area contributed by atoms with Gasteiger partial charge in [0.2, 0.25) is 0 Å². The van der Waals surface area contributed by atoms with Gasteiger partial charge in [-0.05, 0) is 18.4 Å². The van der Waals surface area contributed by atoms with Crippen LogP contribution in [0.2, 0.25) is 0 Å². The zero-order valence-corrected chi connectivity index (χ0v) is 11.9. The molecule has 19 heavy (non-hydrogen) atoms. The van der Waals surface area contributed by atoms with Crippen LogP contribution in [0.25, 0.3) is 0 Å². The number of amides is 1. The summed E-state index contributed by atoms with van der Waals surface area (Å²) in [5, 5.41) is 15.0. The molecule has 1 amide bonds. The van der Waals surface area contributed by atoms with E-state index in [2.05, 4.69) is 10.2 Å². The summed E-state index contributed by atoms with van der Waals surface area (Å²) in [5.74, 6) is -0.128. The van der Waals surface area contributed by atoms with Gasteiger partial charge in [0, 0.05) is 26.2 Å². The number of carbonyl (C=O) groups excluding carboxylic acids is 1. The lowest BCUT2D eigenvalue weighted by molar-refractivity contribution is -0.0213. The maximum absolute atomic E-state index is 11.8. The first kappa shape index (κ1) is 14.5. The minimum Gasteiger partial charge on any atom is -0.387 e. The number of carbonyl (C=O) groups is 1. The Morgan fingerprint density at radius 3 is 2.95 bits per heavy atom. The van der Waals surface area contributed by atoms with Crippen molar-refractivity contribution in [1.82, 2.24) is 10.2 Å². The van der Waals surface area contributed by atoms with Gasteiger partial charge in [0.15, 0.2) is 0 Å². The van der Waals surface area contributed by atoms with Crippen molar-refractivity contribution >= 4 is 17.2 Å². The molecule has 106 valence electrons. The van der Waals surface area contributed by atoms with E-state index >= 15 is 0 Å². The fourth-order valence-electron chi connectivity index (χ4n) is 2.06. The molecular formula is C13H20N2O3S. The van der Waals surface area contributed by atoms with E-state index in [1.807, 2.05) is 11.4 Å². The van der Waals surface area contributed by atoms with Gasteiger partial charge < -0.3 is 15.2 Å². The highest BCUT2D eigenvalue weighted by Gasteiger charge is 2.26. The molecule has 0 radical (unpaired) electrons. The molecule has 1 unspecified atom stereocenters. The van der Waals surface area contributed by atoms with E-state index in [1.165, 1.54) is 11.3 Å². The molecule has 0 spiro atoms. The lowest BCUT2D eigenvalue weighted by atomic mass is 10.1. The molecule has 5 nitrogen and oxygen atoms in total. The third kappa shape index (κ3) is 4.58. The van der Waals surface area contributed by atoms with Crippen molar-refractivity contribution in [2.24, 2.45) is 0 Å². The smallest absolute Gasteiger partial charge is 0.261 e. The minimum atomic E-state index is -0.926. The topological polar surface area (TPSA) is 61.8 Å². The second kappa shape index (κ2) is 6.47. The molecule has 6 heteroatoms. The average Bonchev–Trinajstić information content (AvgIpc) is 2.91. The molecular weight excluding hydrogens is 264 g/mol. The summed E-state index contributed by atoms with van der Waals surface area (Å²) in [6.07, 6.45) is 0. The van der Waals surface area contributed by atoms with Crippen LogP contribution in [-0.2, 0) is 4.74 Å². The number of rotatable bonds is 5. The molecule has 1 aliphatic rings. The summed E-state index contributed by atoms with van der Waals surface area (Å²) < 4.78 is 5.27. The highest BCUT2D eigenvalue weighted by atomic mass is 32.1. The molecule has 1 aromatic rings. The monoisotopic (exact) mass is 284 g/mol. The van der Waals surface area contributed by atoms with Gasteiger partial charge >= 0.3 is 0 Å². The Morgan fingerprint density at radius 2 is 2.32 bits per heavy atom. The molecule has 2 N–H and O–H groups in total. The lowest BCUT2D eigenvalue weighted by Crippen LogP contribution is -2.51. The minimum absolute atomic E-state index is 0.128. The number of nitrogens with zero attached hydrogens (tertiary/aromatic N) is 1. The van der Waals surface area contributed by atoms with Gasteiger partial charge in [-0.1, -0.05) is 6.07 Å². The number of hydrogen-bond acceptors (Lipinski definition) is 5. The Morgan fingerprint density at radius 1 is 1.58 bits per heavy atom. The number of ether oxygens (including phenoxy) is 1. The SMILES string of the molecule is CC(O)(CNC(=O)c1cccs1)CN1CCOCC1. The van der Waals surface area contributed by atoms with Crippen LogP contribution < -0.4 is 5.32 Å². The zero-order valence-electron chi connectivity index (χ0n) is 11.1. The van der Waals surface area contributed by atoms with Crippen molar-refractivity contribution in [2.45, 2.75) is 12.5 Å². The number of nitrogens with one attached hydrogen (secondary N) is 1. The zero-order chi connectivity index (χ0) is 13.7. The molecule has 2 heterocycles. The Hall–Kier alpha value is -0.950. The first-order chi connectivity index (χ1) is 9.07. The molecule has 0 aliphatic carbocycles. The van der Waals surface area contributed by atoms with E-state index < -0.39 is 5.60 Å². The van der Waals surface area contributed by atoms with Crippen LogP contribution in [0.1, 0.15) is 16.6 Å². The maximum atomic E-state index is 11.8. The molecule has 2 rings (SSSR count). The predicted molar refractivity (Wildman–Crippen MR) is 74.5 cm³/mol. The Balaban J connectivity index is 1.78. The van der Waals surface area contributed by atoms with Crippen LogP contribution in [0.5, 0.6) is 0 Å². The van der Waals surface area contributed by atoms with E-state index in [-0.39, 0.29) is 12.5 Å². The Labute approximate surface area is 117 Å². The first-order valence-corrected chi connectivity index (χ1v) is 7.29. The Bertz CT molecular complexity index is 400. The van der Waals surface area contributed by atoms with Gasteiger partial charge in [-0.15, -0.1) is 11.3 Å². The number of aliphatic hydroxyl groups is 1. The summed E-state index contributed by atoms with van der Waals surface area (Å²) in [7, 11) is 0. The third-order valence-electron chi connectivity index (χ3n) is 3.04. The van der Waals surface area contributed by atoms with Crippen LogP contribution in [-0.4, -0.2) is 60.9 Å². The van der Waals surface area contributed by atoms with Crippen LogP contribution in [0.3, 0.4) is 0 Å². The van der Waals surface area contributed by atoms with E-state index in [9.17, 15) is 9.90 Å². The lowest BCUT2D eigenvalue weighted by Gasteiger charge is -2.33. The summed E-state index contributed by atoms with van der Waals surface area (Å²) in [6.45, 7) is 5.61. The number of morpholine rings is 1. The standard InChI is InChI=1S/C13H20N2O3S/c1-13(17,10-15-4-6-18-7-5-15)9-14-12(16)11-3-2-8-19-11/h2-3,8,17H,4-7,9-10H2,1H3,(H,14,16). The van der Waals surface area contributed by atoms with Crippen molar-refractivity contribution in [3.8, 4) is 0 Å². The normalized spacial score (nSPS) is 19.9. The van der Waals surface area contributed by atoms with Crippen molar-refractivity contribution in [1.29, 1.82) is 0 Å². The second-order valence-corrected chi connectivity index (χ2v) is 5.99. The van der Waals surface area contributed by atoms with Gasteiger partial charge in [-0.25, -0.2) is 0 Å². The van der Waals surface area contributed by atoms with Crippen molar-refractivity contribution < 1.29 is 14.6 Å². The summed E-state index contributed by atoms with van der Waals surface area (Å²) in [4.78, 5) is 14.6. The van der Waals surface area contributed by atoms with Gasteiger partial charge in [0.05, 0.1) is 23.7 Å². The van der Waals surface area contributed by atoms with Crippen LogP contribution in [0.4, 0.5) is 0 Å². The van der Waals surface area contributed by atoms with Crippen molar-refractivity contribution in [3.63, 3.8) is 0 Å². The summed E-state index contributed by atoms with van der Waals surface area (Å²) >= 11 is 1.40. The van der Waals surface area contributed by atoms with E-state index in [0.717, 1.165) is 13.1 Å². The van der Waals surface area contributed by atoms with Crippen LogP contribution >= 0.6 is 11.3 Å². The first-order valence-electron chi connectivity index (χ1n) is 6.41. The maximum Gasteiger partial charge on any atom is 0.261 e. The fourth-order valence-corrected chi connectivity index (χ4v) is 2.70. The van der Waals surface area contributed by atoms with Gasteiger partial charge in [-0.2, -0.15) is 0 Å². The van der Waals surface area contributed by atoms with Crippen LogP contribution in [0, 0.1) is 0 Å². The predicted octanol–water partition coefficient (Wildman–Crippen LogP) is 0.561. The van der Waals surface area contributed by atoms with E-state index in [1.54, 1.807) is 13.0 Å². The number of β-amino-alcohol motifs (C(OH)–C–C–N with tert-alkyl or cyclic N) is 1. The van der Waals surface area contributed by atoms with E-state index in [0.29, 0.717) is 24.6 Å². The highest BCUT2D eigenvalue weighted by Crippen LogP contribution is 2.10. The average molecular weight is 284 g/mol. The molecule has 1 saturated heterocycles. The molecule has 1 atom stereocenters. The molecule has 1 aromatic heterocycles. The van der Waals surface area contributed by atoms with Crippen molar-refractivity contribution in [3.05, 3.63) is 22.4 Å². The fraction of sp³-hybridized carbons (Fsp3) is 0.615. The molecule has 0 saturated carbocycles. The van der Waals surface area contributed by atoms with Gasteiger partial charge in [-0.3, -0.25) is 9.69 Å². The van der Waals surface area contributed by atoms with Gasteiger partial charge in [0.25, 0.3) is 5.91 Å². The highest BCUT2D eigenvalue weighted by molar-refractivity contribution is 7.12. The summed E-state index contributed by atoms with van der Waals surface area (Å²) in [6, 6.07) is 3.61. The molecule has 1 aliphatic heterocycles. The third-order valence-corrected chi connectivity index (χ3v) is 3.91. The van der Waals surface area contributed by atoms with E-state index in [4.69, 9.17) is 4.74 Å². The largest absolute Gasteiger partial charge is 0.387 e. The van der Waals surface area contributed by atoms with Crippen molar-refractivity contribution in [2.75, 3.05) is 39.4 Å². The molecule has 0 aromatic carbocycles. The molecule has 1 fully saturated rings. The molecule has 0 bridgehead atoms. The number of hydrogen-bond donors (Lipinski definition) is 2. The number of thiophene rings is 1. The quantitative estimate of drug-likeness (QED) is 0.829.